The van der Waals surface area contributed by atoms with E-state index in [1.807, 2.05) is 19.9 Å². The van der Waals surface area contributed by atoms with Gasteiger partial charge in [-0.2, -0.15) is 0 Å². The van der Waals surface area contributed by atoms with Crippen LogP contribution >= 0.6 is 35.3 Å². The van der Waals surface area contributed by atoms with Crippen molar-refractivity contribution in [2.24, 2.45) is 10.7 Å². The van der Waals surface area contributed by atoms with E-state index in [0.717, 1.165) is 13.0 Å². The highest BCUT2D eigenvalue weighted by Crippen LogP contribution is 2.14. The molecule has 4 N–H and O–H groups in total. The molecule has 4 nitrogen and oxygen atoms in total. The average molecular weight is 397 g/mol. The molecule has 6 heteroatoms. The minimum absolute atomic E-state index is 0. The molecule has 1 aromatic rings. The maximum Gasteiger partial charge on any atom is 0.188 e. The minimum atomic E-state index is -0.722. The summed E-state index contributed by atoms with van der Waals surface area (Å²) in [5.74, 6) is 0.409. The van der Waals surface area contributed by atoms with Gasteiger partial charge in [0, 0.05) is 11.4 Å². The van der Waals surface area contributed by atoms with E-state index >= 15 is 0 Å². The van der Waals surface area contributed by atoms with E-state index in [1.165, 1.54) is 4.88 Å². The van der Waals surface area contributed by atoms with Crippen LogP contribution in [0.1, 0.15) is 31.6 Å². The lowest BCUT2D eigenvalue weighted by atomic mass is 9.98. The molecule has 0 radical (unpaired) electrons. The number of guanidine groups is 1. The number of nitrogens with two attached hydrogens (primary N) is 1. The first-order chi connectivity index (χ1) is 8.59. The summed E-state index contributed by atoms with van der Waals surface area (Å²) in [5.41, 5.74) is 5.04. The van der Waals surface area contributed by atoms with Crippen LogP contribution in [0.25, 0.3) is 0 Å². The van der Waals surface area contributed by atoms with Crippen molar-refractivity contribution in [3.8, 4) is 0 Å². The number of nitrogens with zero attached hydrogens (tertiary/aromatic N) is 1. The lowest BCUT2D eigenvalue weighted by molar-refractivity contribution is 0.0418. The van der Waals surface area contributed by atoms with Crippen LogP contribution in [0.2, 0.25) is 0 Å². The molecule has 0 unspecified atom stereocenters. The van der Waals surface area contributed by atoms with Gasteiger partial charge in [0.2, 0.25) is 0 Å². The fourth-order valence-electron chi connectivity index (χ4n) is 1.53. The van der Waals surface area contributed by atoms with Crippen molar-refractivity contribution in [3.05, 3.63) is 22.4 Å². The molecule has 0 saturated carbocycles. The Morgan fingerprint density at radius 3 is 2.68 bits per heavy atom. The zero-order valence-electron chi connectivity index (χ0n) is 11.6. The van der Waals surface area contributed by atoms with Crippen LogP contribution in [-0.2, 0) is 6.42 Å². The highest BCUT2D eigenvalue weighted by atomic mass is 127. The summed E-state index contributed by atoms with van der Waals surface area (Å²) in [5, 5.41) is 15.2. The molecule has 0 aliphatic rings. The highest BCUT2D eigenvalue weighted by Gasteiger charge is 2.21. The molecule has 110 valence electrons. The molecular weight excluding hydrogens is 373 g/mol. The van der Waals surface area contributed by atoms with Gasteiger partial charge in [0.15, 0.2) is 5.96 Å². The zero-order chi connectivity index (χ0) is 13.4. The SMILES string of the molecule is CCC(O)(CC)CN=C(N)NCCc1cccs1.I. The van der Waals surface area contributed by atoms with Crippen molar-refractivity contribution >= 4 is 41.3 Å². The maximum atomic E-state index is 10.1. The number of aliphatic hydroxyl groups is 1. The van der Waals surface area contributed by atoms with Crippen LogP contribution in [0.4, 0.5) is 0 Å². The van der Waals surface area contributed by atoms with Crippen LogP contribution in [-0.4, -0.2) is 29.8 Å². The van der Waals surface area contributed by atoms with Gasteiger partial charge in [0.05, 0.1) is 12.1 Å². The summed E-state index contributed by atoms with van der Waals surface area (Å²) in [6.45, 7) is 5.04. The molecule has 1 rings (SSSR count). The van der Waals surface area contributed by atoms with Crippen molar-refractivity contribution in [1.82, 2.24) is 5.32 Å². The summed E-state index contributed by atoms with van der Waals surface area (Å²) in [6, 6.07) is 4.15. The number of hydrogen-bond acceptors (Lipinski definition) is 3. The molecule has 0 atom stereocenters. The predicted molar refractivity (Wildman–Crippen MR) is 93.5 cm³/mol. The number of rotatable bonds is 7. The van der Waals surface area contributed by atoms with Gasteiger partial charge < -0.3 is 16.2 Å². The largest absolute Gasteiger partial charge is 0.388 e. The van der Waals surface area contributed by atoms with Crippen LogP contribution in [0.5, 0.6) is 0 Å². The van der Waals surface area contributed by atoms with Crippen molar-refractivity contribution in [2.45, 2.75) is 38.7 Å². The summed E-state index contributed by atoms with van der Waals surface area (Å²) in [6.07, 6.45) is 2.32. The number of nitrogens with one attached hydrogen (secondary N) is 1. The third kappa shape index (κ3) is 7.12. The van der Waals surface area contributed by atoms with Crippen LogP contribution < -0.4 is 11.1 Å². The van der Waals surface area contributed by atoms with E-state index in [9.17, 15) is 5.11 Å². The topological polar surface area (TPSA) is 70.6 Å². The molecular formula is C13H24IN3OS. The van der Waals surface area contributed by atoms with Crippen molar-refractivity contribution in [3.63, 3.8) is 0 Å². The van der Waals surface area contributed by atoms with E-state index in [-0.39, 0.29) is 24.0 Å². The summed E-state index contributed by atoms with van der Waals surface area (Å²) in [7, 11) is 0. The molecule has 0 saturated heterocycles. The van der Waals surface area contributed by atoms with Gasteiger partial charge >= 0.3 is 0 Å². The Bertz CT molecular complexity index is 364. The lowest BCUT2D eigenvalue weighted by Gasteiger charge is -2.22. The minimum Gasteiger partial charge on any atom is -0.388 e. The van der Waals surface area contributed by atoms with E-state index in [0.29, 0.717) is 25.3 Å². The molecule has 1 aromatic heterocycles. The fraction of sp³-hybridized carbons (Fsp3) is 0.615. The van der Waals surface area contributed by atoms with Crippen LogP contribution in [0.15, 0.2) is 22.5 Å². The maximum absolute atomic E-state index is 10.1. The molecule has 0 spiro atoms. The van der Waals surface area contributed by atoms with E-state index in [2.05, 4.69) is 21.8 Å². The summed E-state index contributed by atoms with van der Waals surface area (Å²) >= 11 is 1.74. The number of halogens is 1. The van der Waals surface area contributed by atoms with Gasteiger partial charge in [-0.3, -0.25) is 4.99 Å². The normalized spacial score (nSPS) is 12.1. The summed E-state index contributed by atoms with van der Waals surface area (Å²) < 4.78 is 0. The predicted octanol–water partition coefficient (Wildman–Crippen LogP) is 2.36. The van der Waals surface area contributed by atoms with Gasteiger partial charge in [-0.05, 0) is 30.7 Å². The van der Waals surface area contributed by atoms with E-state index in [4.69, 9.17) is 5.73 Å². The fourth-order valence-corrected chi connectivity index (χ4v) is 2.24. The quantitative estimate of drug-likeness (QED) is 0.376. The van der Waals surface area contributed by atoms with Gasteiger partial charge in [-0.15, -0.1) is 35.3 Å². The third-order valence-electron chi connectivity index (χ3n) is 3.12. The highest BCUT2D eigenvalue weighted by molar-refractivity contribution is 14.0. The van der Waals surface area contributed by atoms with Crippen molar-refractivity contribution in [2.75, 3.05) is 13.1 Å². The number of thiophene rings is 1. The molecule has 0 fully saturated rings. The van der Waals surface area contributed by atoms with E-state index < -0.39 is 5.60 Å². The number of hydrogen-bond donors (Lipinski definition) is 3. The first-order valence-corrected chi connectivity index (χ1v) is 7.26. The van der Waals surface area contributed by atoms with Crippen molar-refractivity contribution in [1.29, 1.82) is 0 Å². The Morgan fingerprint density at radius 2 is 2.16 bits per heavy atom. The second-order valence-electron chi connectivity index (χ2n) is 4.39. The molecule has 19 heavy (non-hydrogen) atoms. The Balaban J connectivity index is 0.00000324. The standard InChI is InChI=1S/C13H23N3OS.HI/c1-3-13(17,4-2)10-16-12(14)15-8-7-11-6-5-9-18-11;/h5-6,9,17H,3-4,7-8,10H2,1-2H3,(H3,14,15,16);1H. The molecule has 0 aromatic carbocycles. The molecule has 0 bridgehead atoms. The Morgan fingerprint density at radius 1 is 1.47 bits per heavy atom. The van der Waals surface area contributed by atoms with Crippen molar-refractivity contribution < 1.29 is 5.11 Å². The number of aliphatic imine (C=N–C) groups is 1. The Hall–Kier alpha value is -0.340. The Kier molecular flexibility index (Phi) is 9.38. The third-order valence-corrected chi connectivity index (χ3v) is 4.05. The lowest BCUT2D eigenvalue weighted by Crippen LogP contribution is -2.37. The van der Waals surface area contributed by atoms with Crippen LogP contribution in [0.3, 0.4) is 0 Å². The van der Waals surface area contributed by atoms with Gasteiger partial charge in [0.1, 0.15) is 0 Å². The molecule has 0 aliphatic carbocycles. The first-order valence-electron chi connectivity index (χ1n) is 6.38. The van der Waals surface area contributed by atoms with Gasteiger partial charge in [0.25, 0.3) is 0 Å². The van der Waals surface area contributed by atoms with Gasteiger partial charge in [-0.1, -0.05) is 19.9 Å². The van der Waals surface area contributed by atoms with Gasteiger partial charge in [-0.25, -0.2) is 0 Å². The van der Waals surface area contributed by atoms with Crippen LogP contribution in [0, 0.1) is 0 Å². The monoisotopic (exact) mass is 397 g/mol. The molecule has 1 heterocycles. The molecule has 0 aliphatic heterocycles. The Labute approximate surface area is 136 Å². The second kappa shape index (κ2) is 9.55. The second-order valence-corrected chi connectivity index (χ2v) is 5.42. The van der Waals surface area contributed by atoms with E-state index in [1.54, 1.807) is 11.3 Å². The molecule has 0 amide bonds. The zero-order valence-corrected chi connectivity index (χ0v) is 14.7. The smallest absolute Gasteiger partial charge is 0.188 e. The average Bonchev–Trinajstić information content (AvgIpc) is 2.89. The summed E-state index contributed by atoms with van der Waals surface area (Å²) in [4.78, 5) is 5.52. The first kappa shape index (κ1) is 18.7.